The zero-order valence-corrected chi connectivity index (χ0v) is 6.58. The molecular weight excluding hydrogens is 204 g/mol. The van der Waals surface area contributed by atoms with Crippen LogP contribution in [0.5, 0.6) is 0 Å². The van der Waals surface area contributed by atoms with Gasteiger partial charge in [-0.2, -0.15) is 8.42 Å². The summed E-state index contributed by atoms with van der Waals surface area (Å²) in [5.74, 6) is -0.312. The van der Waals surface area contributed by atoms with Gasteiger partial charge in [0.05, 0.1) is 0 Å². The van der Waals surface area contributed by atoms with E-state index in [1.54, 1.807) is 30.3 Å². The van der Waals surface area contributed by atoms with Gasteiger partial charge in [0.15, 0.2) is 0 Å². The molecule has 0 amide bonds. The third kappa shape index (κ3) is 5.11. The molecule has 12 heavy (non-hydrogen) atoms. The molecule has 64 valence electrons. The molecule has 0 saturated carbocycles. The van der Waals surface area contributed by atoms with Crippen molar-refractivity contribution in [2.45, 2.75) is 5.75 Å². The molecule has 5 heteroatoms. The summed E-state index contributed by atoms with van der Waals surface area (Å²) in [4.78, 5) is 0. The van der Waals surface area contributed by atoms with E-state index in [4.69, 9.17) is 4.55 Å². The van der Waals surface area contributed by atoms with Crippen LogP contribution in [0, 0.1) is 0 Å². The molecule has 0 atom stereocenters. The van der Waals surface area contributed by atoms with Gasteiger partial charge in [-0.25, -0.2) is 0 Å². The molecule has 3 nitrogen and oxygen atoms in total. The van der Waals surface area contributed by atoms with Crippen LogP contribution in [0.4, 0.5) is 0 Å². The van der Waals surface area contributed by atoms with E-state index in [0.717, 1.165) is 0 Å². The second-order valence-electron chi connectivity index (χ2n) is 2.21. The number of benzene rings is 1. The van der Waals surface area contributed by atoms with Crippen molar-refractivity contribution in [2.75, 3.05) is 0 Å². The molecule has 0 aliphatic rings. The van der Waals surface area contributed by atoms with Crippen LogP contribution in [0.1, 0.15) is 5.56 Å². The van der Waals surface area contributed by atoms with Crippen molar-refractivity contribution in [1.29, 1.82) is 0 Å². The Morgan fingerprint density at radius 1 is 1.17 bits per heavy atom. The molecule has 0 aliphatic carbocycles. The molecule has 1 rings (SSSR count). The summed E-state index contributed by atoms with van der Waals surface area (Å²) in [5.41, 5.74) is 0.593. The molecule has 1 N–H and O–H groups in total. The van der Waals surface area contributed by atoms with Crippen molar-refractivity contribution < 1.29 is 13.0 Å². The van der Waals surface area contributed by atoms with Crippen molar-refractivity contribution in [3.63, 3.8) is 0 Å². The van der Waals surface area contributed by atoms with E-state index in [1.165, 1.54) is 0 Å². The van der Waals surface area contributed by atoms with Gasteiger partial charge in [0, 0.05) is 0 Å². The van der Waals surface area contributed by atoms with Crippen molar-refractivity contribution in [3.8, 4) is 0 Å². The Kier molecular flexibility index (Phi) is 5.36. The summed E-state index contributed by atoms with van der Waals surface area (Å²) in [5, 5.41) is 0. The Labute approximate surface area is 102 Å². The first kappa shape index (κ1) is 12.4. The molecule has 0 saturated heterocycles. The van der Waals surface area contributed by atoms with Crippen LogP contribution >= 0.6 is 0 Å². The van der Waals surface area contributed by atoms with Gasteiger partial charge in [-0.3, -0.25) is 4.55 Å². The zero-order chi connectivity index (χ0) is 8.32. The standard InChI is InChI=1S/C7H8O3S.Ca.2H/c8-11(9,10)6-7-4-2-1-3-5-7;;;/h1-5H,6H2,(H,8,9,10);;;. The first-order valence-electron chi connectivity index (χ1n) is 3.07. The van der Waals surface area contributed by atoms with Gasteiger partial charge >= 0.3 is 37.7 Å². The van der Waals surface area contributed by atoms with Gasteiger partial charge in [-0.1, -0.05) is 30.3 Å². The van der Waals surface area contributed by atoms with Crippen LogP contribution in [0.15, 0.2) is 30.3 Å². The average molecular weight is 214 g/mol. The van der Waals surface area contributed by atoms with E-state index in [0.29, 0.717) is 5.56 Å². The SMILES string of the molecule is O=S(=O)(O)Cc1ccccc1.[CaH2]. The molecule has 0 unspecified atom stereocenters. The Morgan fingerprint density at radius 3 is 2.08 bits per heavy atom. The van der Waals surface area contributed by atoms with Gasteiger partial charge in [-0.05, 0) is 5.56 Å². The monoisotopic (exact) mass is 214 g/mol. The summed E-state index contributed by atoms with van der Waals surface area (Å²) in [6.07, 6.45) is 0. The van der Waals surface area contributed by atoms with E-state index >= 15 is 0 Å². The summed E-state index contributed by atoms with van der Waals surface area (Å²) in [6.45, 7) is 0. The Balaban J connectivity index is 0.00000121. The van der Waals surface area contributed by atoms with Crippen LogP contribution in [0.3, 0.4) is 0 Å². The van der Waals surface area contributed by atoms with Crippen LogP contribution in [-0.4, -0.2) is 50.7 Å². The van der Waals surface area contributed by atoms with Crippen molar-refractivity contribution in [1.82, 2.24) is 0 Å². The topological polar surface area (TPSA) is 54.4 Å². The third-order valence-corrected chi connectivity index (χ3v) is 1.89. The van der Waals surface area contributed by atoms with Crippen molar-refractivity contribution in [2.24, 2.45) is 0 Å². The van der Waals surface area contributed by atoms with Gasteiger partial charge in [0.25, 0.3) is 10.1 Å². The Morgan fingerprint density at radius 2 is 1.67 bits per heavy atom. The Hall–Kier alpha value is 0.390. The predicted molar refractivity (Wildman–Crippen MR) is 50.2 cm³/mol. The number of rotatable bonds is 2. The molecule has 1 aromatic carbocycles. The molecule has 0 bridgehead atoms. The molecule has 0 fully saturated rings. The van der Waals surface area contributed by atoms with Gasteiger partial charge in [-0.15, -0.1) is 0 Å². The Bertz CT molecular complexity index is 320. The number of hydrogen-bond donors (Lipinski definition) is 1. The van der Waals surface area contributed by atoms with Crippen LogP contribution in [0.25, 0.3) is 0 Å². The summed E-state index contributed by atoms with van der Waals surface area (Å²) in [7, 11) is -3.88. The quantitative estimate of drug-likeness (QED) is 0.563. The first-order chi connectivity index (χ1) is 5.08. The summed E-state index contributed by atoms with van der Waals surface area (Å²) >= 11 is 0. The van der Waals surface area contributed by atoms with E-state index in [9.17, 15) is 8.42 Å². The normalized spacial score (nSPS) is 10.4. The third-order valence-electron chi connectivity index (χ3n) is 1.19. The molecule has 0 heterocycles. The van der Waals surface area contributed by atoms with Crippen LogP contribution in [-0.2, 0) is 15.9 Å². The fourth-order valence-electron chi connectivity index (χ4n) is 0.785. The fraction of sp³-hybridized carbons (Fsp3) is 0.143. The predicted octanol–water partition coefficient (Wildman–Crippen LogP) is 0.158. The zero-order valence-electron chi connectivity index (χ0n) is 5.77. The molecule has 0 aromatic heterocycles. The molecule has 0 aliphatic heterocycles. The van der Waals surface area contributed by atoms with Crippen molar-refractivity contribution >= 4 is 47.9 Å². The van der Waals surface area contributed by atoms with Gasteiger partial charge in [0.2, 0.25) is 0 Å². The fourth-order valence-corrected chi connectivity index (χ4v) is 1.40. The molecule has 1 aromatic rings. The second-order valence-corrected chi connectivity index (χ2v) is 3.66. The average Bonchev–Trinajstić information content (AvgIpc) is 1.85. The second kappa shape index (κ2) is 5.19. The van der Waals surface area contributed by atoms with Gasteiger partial charge in [0.1, 0.15) is 5.75 Å². The van der Waals surface area contributed by atoms with E-state index < -0.39 is 10.1 Å². The maximum atomic E-state index is 10.4. The van der Waals surface area contributed by atoms with Crippen LogP contribution < -0.4 is 0 Å². The van der Waals surface area contributed by atoms with Crippen molar-refractivity contribution in [3.05, 3.63) is 35.9 Å². The molecule has 0 radical (unpaired) electrons. The van der Waals surface area contributed by atoms with Gasteiger partial charge < -0.3 is 0 Å². The van der Waals surface area contributed by atoms with E-state index in [2.05, 4.69) is 0 Å². The first-order valence-corrected chi connectivity index (χ1v) is 4.68. The minimum atomic E-state index is -3.88. The van der Waals surface area contributed by atoms with Crippen LogP contribution in [0.2, 0.25) is 0 Å². The molecular formula is C7H10CaO3S. The summed E-state index contributed by atoms with van der Waals surface area (Å²) in [6, 6.07) is 8.52. The minimum absolute atomic E-state index is 0. The number of hydrogen-bond acceptors (Lipinski definition) is 2. The molecule has 0 spiro atoms. The summed E-state index contributed by atoms with van der Waals surface area (Å²) < 4.78 is 29.2. The van der Waals surface area contributed by atoms with E-state index in [-0.39, 0.29) is 43.5 Å². The maximum absolute atomic E-state index is 10.4. The van der Waals surface area contributed by atoms with E-state index in [1.807, 2.05) is 0 Å².